The summed E-state index contributed by atoms with van der Waals surface area (Å²) in [6.07, 6.45) is 0. The number of hydrogen-bond acceptors (Lipinski definition) is 4. The molecule has 0 fully saturated rings. The van der Waals surface area contributed by atoms with E-state index in [1.807, 2.05) is 19.1 Å². The second-order valence-corrected chi connectivity index (χ2v) is 4.28. The minimum absolute atomic E-state index is 0.342. The number of aromatic nitrogens is 3. The average molecular weight is 248 g/mol. The Kier molecular flexibility index (Phi) is 4.15. The minimum atomic E-state index is 0.342. The molecule has 0 aromatic carbocycles. The first-order valence-corrected chi connectivity index (χ1v) is 6.44. The minimum Gasteiger partial charge on any atom is -0.478 e. The van der Waals surface area contributed by atoms with E-state index in [2.05, 4.69) is 34.1 Å². The second kappa shape index (κ2) is 5.82. The zero-order chi connectivity index (χ0) is 13.0. The highest BCUT2D eigenvalue weighted by Crippen LogP contribution is 2.18. The number of H-pyrrole nitrogens is 1. The van der Waals surface area contributed by atoms with E-state index >= 15 is 0 Å². The molecule has 5 nitrogen and oxygen atoms in total. The molecule has 0 aliphatic heterocycles. The number of rotatable bonds is 6. The van der Waals surface area contributed by atoms with E-state index in [0.29, 0.717) is 18.4 Å². The third-order valence-corrected chi connectivity index (χ3v) is 2.80. The lowest BCUT2D eigenvalue weighted by atomic mass is 10.2. The molecule has 5 heteroatoms. The molecule has 0 aliphatic carbocycles. The van der Waals surface area contributed by atoms with Crippen LogP contribution in [0, 0.1) is 0 Å². The van der Waals surface area contributed by atoms with Crippen molar-refractivity contribution in [2.45, 2.75) is 26.7 Å². The normalized spacial score (nSPS) is 12.8. The molecule has 0 radical (unpaired) electrons. The lowest BCUT2D eigenvalue weighted by molar-refractivity contribution is 0.328. The lowest BCUT2D eigenvalue weighted by Gasteiger charge is -2.07. The first-order valence-electron chi connectivity index (χ1n) is 6.44. The third-order valence-electron chi connectivity index (χ3n) is 2.80. The molecular formula is C13H20N4O. The fourth-order valence-corrected chi connectivity index (χ4v) is 1.81. The number of nitrogens with zero attached hydrogens (tertiary/aromatic N) is 2. The number of hydrogen-bond donors (Lipinski definition) is 2. The van der Waals surface area contributed by atoms with Gasteiger partial charge >= 0.3 is 0 Å². The van der Waals surface area contributed by atoms with Crippen LogP contribution in [0.5, 0.6) is 5.88 Å². The van der Waals surface area contributed by atoms with Gasteiger partial charge in [0.1, 0.15) is 5.82 Å². The van der Waals surface area contributed by atoms with E-state index in [1.54, 1.807) is 0 Å². The molecule has 2 N–H and O–H groups in total. The van der Waals surface area contributed by atoms with Crippen molar-refractivity contribution in [2.75, 3.05) is 19.7 Å². The van der Waals surface area contributed by atoms with E-state index in [9.17, 15) is 0 Å². The summed E-state index contributed by atoms with van der Waals surface area (Å²) >= 11 is 0. The standard InChI is InChI=1S/C13H20N4O/c1-4-14-8-9(3)12-15-10-6-7-11(18-5-2)16-13(10)17-12/h6-7,9,14H,4-5,8H2,1-3H3,(H,15,16,17). The van der Waals surface area contributed by atoms with Gasteiger partial charge in [-0.2, -0.15) is 4.98 Å². The topological polar surface area (TPSA) is 62.8 Å². The van der Waals surface area contributed by atoms with Gasteiger partial charge in [-0.15, -0.1) is 0 Å². The largest absolute Gasteiger partial charge is 0.478 e. The number of ether oxygens (including phenoxy) is 1. The number of nitrogens with one attached hydrogen (secondary N) is 2. The van der Waals surface area contributed by atoms with Crippen molar-refractivity contribution in [3.63, 3.8) is 0 Å². The van der Waals surface area contributed by atoms with Crippen LogP contribution in [0.4, 0.5) is 0 Å². The van der Waals surface area contributed by atoms with Crippen LogP contribution in [-0.4, -0.2) is 34.6 Å². The van der Waals surface area contributed by atoms with Crippen molar-refractivity contribution >= 4 is 11.2 Å². The van der Waals surface area contributed by atoms with E-state index in [0.717, 1.165) is 30.1 Å². The summed E-state index contributed by atoms with van der Waals surface area (Å²) in [6.45, 7) is 8.68. The Hall–Kier alpha value is -1.62. The highest BCUT2D eigenvalue weighted by Gasteiger charge is 2.11. The number of likely N-dealkylation sites (N-methyl/N-ethyl adjacent to an activating group) is 1. The summed E-state index contributed by atoms with van der Waals surface area (Å²) < 4.78 is 5.37. The quantitative estimate of drug-likeness (QED) is 0.821. The van der Waals surface area contributed by atoms with Crippen LogP contribution in [-0.2, 0) is 0 Å². The Balaban J connectivity index is 2.21. The van der Waals surface area contributed by atoms with Crippen molar-refractivity contribution in [3.05, 3.63) is 18.0 Å². The second-order valence-electron chi connectivity index (χ2n) is 4.28. The van der Waals surface area contributed by atoms with Crippen molar-refractivity contribution < 1.29 is 4.74 Å². The summed E-state index contributed by atoms with van der Waals surface area (Å²) in [5.41, 5.74) is 1.68. The van der Waals surface area contributed by atoms with Gasteiger partial charge in [0.15, 0.2) is 5.65 Å². The van der Waals surface area contributed by atoms with E-state index in [-0.39, 0.29) is 0 Å². The molecule has 0 spiro atoms. The maximum Gasteiger partial charge on any atom is 0.215 e. The number of imidazole rings is 1. The molecule has 0 saturated heterocycles. The Labute approximate surface area is 107 Å². The fourth-order valence-electron chi connectivity index (χ4n) is 1.81. The van der Waals surface area contributed by atoms with E-state index < -0.39 is 0 Å². The van der Waals surface area contributed by atoms with Crippen LogP contribution in [0.25, 0.3) is 11.2 Å². The lowest BCUT2D eigenvalue weighted by Crippen LogP contribution is -2.20. The third kappa shape index (κ3) is 2.79. The summed E-state index contributed by atoms with van der Waals surface area (Å²) in [7, 11) is 0. The van der Waals surface area contributed by atoms with Crippen LogP contribution in [0.1, 0.15) is 32.5 Å². The molecule has 98 valence electrons. The van der Waals surface area contributed by atoms with Crippen molar-refractivity contribution in [1.82, 2.24) is 20.3 Å². The van der Waals surface area contributed by atoms with E-state index in [1.165, 1.54) is 0 Å². The number of fused-ring (bicyclic) bond motifs is 1. The van der Waals surface area contributed by atoms with Crippen molar-refractivity contribution in [3.8, 4) is 5.88 Å². The molecule has 2 rings (SSSR count). The van der Waals surface area contributed by atoms with Crippen LogP contribution in [0.2, 0.25) is 0 Å². The predicted octanol–water partition coefficient (Wildman–Crippen LogP) is 2.07. The molecule has 0 bridgehead atoms. The van der Waals surface area contributed by atoms with Crippen LogP contribution in [0.3, 0.4) is 0 Å². The SMILES string of the molecule is CCNCC(C)c1nc2nc(OCC)ccc2[nH]1. The first kappa shape index (κ1) is 12.8. The molecule has 0 amide bonds. The van der Waals surface area contributed by atoms with Crippen LogP contribution in [0.15, 0.2) is 12.1 Å². The average Bonchev–Trinajstić information content (AvgIpc) is 2.79. The maximum atomic E-state index is 5.37. The number of aromatic amines is 1. The maximum absolute atomic E-state index is 5.37. The molecule has 2 heterocycles. The summed E-state index contributed by atoms with van der Waals surface area (Å²) in [4.78, 5) is 12.2. The first-order chi connectivity index (χ1) is 8.74. The Morgan fingerprint density at radius 1 is 1.33 bits per heavy atom. The zero-order valence-electron chi connectivity index (χ0n) is 11.2. The van der Waals surface area contributed by atoms with Gasteiger partial charge in [-0.25, -0.2) is 4.98 Å². The van der Waals surface area contributed by atoms with Gasteiger partial charge < -0.3 is 15.0 Å². The molecule has 2 aromatic heterocycles. The van der Waals surface area contributed by atoms with Crippen molar-refractivity contribution in [2.24, 2.45) is 0 Å². The van der Waals surface area contributed by atoms with Gasteiger partial charge in [-0.1, -0.05) is 13.8 Å². The smallest absolute Gasteiger partial charge is 0.215 e. The van der Waals surface area contributed by atoms with Gasteiger partial charge in [-0.3, -0.25) is 0 Å². The zero-order valence-corrected chi connectivity index (χ0v) is 11.2. The molecule has 18 heavy (non-hydrogen) atoms. The molecular weight excluding hydrogens is 228 g/mol. The summed E-state index contributed by atoms with van der Waals surface area (Å²) in [5.74, 6) is 1.93. The van der Waals surface area contributed by atoms with Gasteiger partial charge in [0.05, 0.1) is 12.1 Å². The highest BCUT2D eigenvalue weighted by atomic mass is 16.5. The van der Waals surface area contributed by atoms with Crippen LogP contribution >= 0.6 is 0 Å². The summed E-state index contributed by atoms with van der Waals surface area (Å²) in [6, 6.07) is 3.83. The Morgan fingerprint density at radius 2 is 2.17 bits per heavy atom. The molecule has 2 aromatic rings. The fraction of sp³-hybridized carbons (Fsp3) is 0.538. The Morgan fingerprint density at radius 3 is 2.89 bits per heavy atom. The van der Waals surface area contributed by atoms with E-state index in [4.69, 9.17) is 4.74 Å². The highest BCUT2D eigenvalue weighted by molar-refractivity contribution is 5.71. The van der Waals surface area contributed by atoms with Gasteiger partial charge in [0.2, 0.25) is 5.88 Å². The predicted molar refractivity (Wildman–Crippen MR) is 72.0 cm³/mol. The Bertz CT molecular complexity index is 509. The van der Waals surface area contributed by atoms with Gasteiger partial charge in [0, 0.05) is 18.5 Å². The monoisotopic (exact) mass is 248 g/mol. The van der Waals surface area contributed by atoms with Crippen molar-refractivity contribution in [1.29, 1.82) is 0 Å². The van der Waals surface area contributed by atoms with Crippen LogP contribution < -0.4 is 10.1 Å². The molecule has 1 unspecified atom stereocenters. The van der Waals surface area contributed by atoms with Gasteiger partial charge in [0.25, 0.3) is 0 Å². The van der Waals surface area contributed by atoms with Gasteiger partial charge in [-0.05, 0) is 19.5 Å². The molecule has 0 aliphatic rings. The molecule has 0 saturated carbocycles. The molecule has 1 atom stereocenters. The number of pyridine rings is 1. The summed E-state index contributed by atoms with van der Waals surface area (Å²) in [5, 5.41) is 3.32.